The minimum Gasteiger partial charge on any atom is -0.506 e. The van der Waals surface area contributed by atoms with Crippen LogP contribution in [0.15, 0.2) is 39.8 Å². The van der Waals surface area contributed by atoms with E-state index in [9.17, 15) is 29.7 Å². The maximum Gasteiger partial charge on any atom is 0.305 e. The molecule has 0 bridgehead atoms. The molecule has 14 heteroatoms. The lowest BCUT2D eigenvalue weighted by atomic mass is 10.0. The number of carboxylic acid groups (broad SMARTS) is 1. The Morgan fingerprint density at radius 1 is 1.25 bits per heavy atom. The number of nitrogen functional groups attached to an aromatic ring is 1. The molecule has 0 saturated heterocycles. The quantitative estimate of drug-likeness (QED) is 0.210. The number of carboxylic acids is 1. The molecule has 0 aliphatic carbocycles. The van der Waals surface area contributed by atoms with Gasteiger partial charge < -0.3 is 42.3 Å². The average Bonchev–Trinajstić information content (AvgIpc) is 2.80. The highest BCUT2D eigenvalue weighted by Gasteiger charge is 2.23. The first kappa shape index (κ1) is 27.0. The third-order valence-corrected chi connectivity index (χ3v) is 5.82. The van der Waals surface area contributed by atoms with Gasteiger partial charge in [0, 0.05) is 34.1 Å². The number of aromatic hydroxyl groups is 1. The number of aliphatic hydroxyl groups excluding tert-OH is 1. The van der Waals surface area contributed by atoms with Gasteiger partial charge >= 0.3 is 5.97 Å². The van der Waals surface area contributed by atoms with Crippen molar-refractivity contribution in [2.24, 2.45) is 4.99 Å². The lowest BCUT2D eigenvalue weighted by molar-refractivity contribution is -0.137. The van der Waals surface area contributed by atoms with Gasteiger partial charge in [-0.15, -0.1) is 0 Å². The number of aliphatic carboxylic acids is 1. The van der Waals surface area contributed by atoms with Crippen LogP contribution in [0.5, 0.6) is 5.75 Å². The van der Waals surface area contributed by atoms with E-state index in [1.165, 1.54) is 24.3 Å². The Hall–Kier alpha value is -3.55. The Bertz CT molecular complexity index is 1210. The number of anilines is 2. The van der Waals surface area contributed by atoms with E-state index in [2.05, 4.69) is 42.2 Å². The minimum absolute atomic E-state index is 0.106. The number of aliphatic imine (C=N–C) groups is 1. The van der Waals surface area contributed by atoms with Crippen LogP contribution < -0.4 is 27.0 Å². The highest BCUT2D eigenvalue weighted by molar-refractivity contribution is 9.10. The predicted octanol–water partition coefficient (Wildman–Crippen LogP) is 1.18. The second kappa shape index (κ2) is 11.9. The van der Waals surface area contributed by atoms with Crippen LogP contribution >= 0.6 is 27.5 Å². The SMILES string of the molecule is Nc1cc(NC2=NCC(O)CN2)cc(C(=O)NCC(=O)N[C@H](CC(=O)O)c2cc(Cl)cc(Br)c2O)c1. The molecule has 0 saturated carbocycles. The number of phenolic OH excluding ortho intramolecular Hbond substituents is 1. The molecule has 0 spiro atoms. The maximum absolute atomic E-state index is 12.7. The number of hydrogen-bond donors (Lipinski definition) is 8. The van der Waals surface area contributed by atoms with E-state index >= 15 is 0 Å². The van der Waals surface area contributed by atoms with Crippen LogP contribution in [0.3, 0.4) is 0 Å². The number of phenols is 1. The molecule has 0 fully saturated rings. The second-order valence-corrected chi connectivity index (χ2v) is 9.21. The Kier molecular flexibility index (Phi) is 8.96. The van der Waals surface area contributed by atoms with Crippen molar-refractivity contribution in [2.45, 2.75) is 18.6 Å². The van der Waals surface area contributed by atoms with Gasteiger partial charge in [0.1, 0.15) is 5.75 Å². The van der Waals surface area contributed by atoms with Gasteiger partial charge in [-0.2, -0.15) is 0 Å². The molecule has 192 valence electrons. The van der Waals surface area contributed by atoms with Gasteiger partial charge in [0.2, 0.25) is 5.91 Å². The van der Waals surface area contributed by atoms with Crippen LogP contribution in [0.4, 0.5) is 11.4 Å². The molecular formula is C22H24BrClN6O6. The van der Waals surface area contributed by atoms with Crippen molar-refractivity contribution in [1.82, 2.24) is 16.0 Å². The number of β-amino-alcohol motifs (C(OH)–C–C–N with tert-alkyl or cyclic N) is 1. The molecule has 2 aromatic carbocycles. The van der Waals surface area contributed by atoms with E-state index in [1.54, 1.807) is 6.07 Å². The predicted molar refractivity (Wildman–Crippen MR) is 137 cm³/mol. The zero-order chi connectivity index (χ0) is 26.4. The number of nitrogens with one attached hydrogen (secondary N) is 4. The number of amides is 2. The summed E-state index contributed by atoms with van der Waals surface area (Å²) in [7, 11) is 0. The highest BCUT2D eigenvalue weighted by atomic mass is 79.9. The molecule has 0 radical (unpaired) electrons. The lowest BCUT2D eigenvalue weighted by Gasteiger charge is -2.20. The van der Waals surface area contributed by atoms with Crippen LogP contribution in [0.1, 0.15) is 28.4 Å². The van der Waals surface area contributed by atoms with Gasteiger partial charge in [-0.05, 0) is 46.3 Å². The summed E-state index contributed by atoms with van der Waals surface area (Å²) in [6.07, 6.45) is -1.11. The molecule has 12 nitrogen and oxygen atoms in total. The summed E-state index contributed by atoms with van der Waals surface area (Å²) in [6.45, 7) is 0.0808. The summed E-state index contributed by atoms with van der Waals surface area (Å²) < 4.78 is 0.236. The zero-order valence-corrected chi connectivity index (χ0v) is 21.1. The summed E-state index contributed by atoms with van der Waals surface area (Å²) >= 11 is 9.14. The van der Waals surface area contributed by atoms with Gasteiger partial charge in [-0.1, -0.05) is 11.6 Å². The number of nitrogens with zero attached hydrogens (tertiary/aromatic N) is 1. The molecule has 9 N–H and O–H groups in total. The number of rotatable bonds is 8. The molecule has 1 unspecified atom stereocenters. The number of aliphatic hydroxyl groups is 1. The molecule has 2 atom stereocenters. The Morgan fingerprint density at radius 2 is 2.00 bits per heavy atom. The molecule has 1 heterocycles. The molecule has 0 aromatic heterocycles. The number of halogens is 2. The normalized spacial score (nSPS) is 15.8. The van der Waals surface area contributed by atoms with E-state index in [4.69, 9.17) is 17.3 Å². The van der Waals surface area contributed by atoms with Crippen molar-refractivity contribution >= 4 is 62.6 Å². The van der Waals surface area contributed by atoms with Crippen LogP contribution in [-0.4, -0.2) is 64.8 Å². The summed E-state index contributed by atoms with van der Waals surface area (Å²) in [5, 5.41) is 40.1. The fourth-order valence-corrected chi connectivity index (χ4v) is 4.21. The molecule has 3 rings (SSSR count). The smallest absolute Gasteiger partial charge is 0.305 e. The Balaban J connectivity index is 1.66. The number of benzene rings is 2. The zero-order valence-electron chi connectivity index (χ0n) is 18.7. The topological polar surface area (TPSA) is 198 Å². The largest absolute Gasteiger partial charge is 0.506 e. The maximum atomic E-state index is 12.7. The molecule has 1 aliphatic heterocycles. The van der Waals surface area contributed by atoms with E-state index in [0.29, 0.717) is 18.2 Å². The van der Waals surface area contributed by atoms with E-state index in [0.717, 1.165) is 0 Å². The molecule has 2 amide bonds. The second-order valence-electron chi connectivity index (χ2n) is 7.92. The highest BCUT2D eigenvalue weighted by Crippen LogP contribution is 2.36. The van der Waals surface area contributed by atoms with Crippen molar-refractivity contribution in [3.05, 3.63) is 51.0 Å². The van der Waals surface area contributed by atoms with Gasteiger partial charge in [0.05, 0.1) is 36.1 Å². The van der Waals surface area contributed by atoms with E-state index < -0.39 is 42.9 Å². The number of carbonyl (C=O) groups excluding carboxylic acids is 2. The summed E-state index contributed by atoms with van der Waals surface area (Å²) in [5.74, 6) is -2.35. The fraction of sp³-hybridized carbons (Fsp3) is 0.273. The lowest BCUT2D eigenvalue weighted by Crippen LogP contribution is -2.42. The Labute approximate surface area is 219 Å². The third-order valence-electron chi connectivity index (χ3n) is 5.00. The van der Waals surface area contributed by atoms with E-state index in [1.807, 2.05) is 0 Å². The third kappa shape index (κ3) is 7.47. The molecule has 2 aromatic rings. The van der Waals surface area contributed by atoms with Crippen molar-refractivity contribution < 1.29 is 29.7 Å². The number of guanidine groups is 1. The fourth-order valence-electron chi connectivity index (χ4n) is 3.38. The van der Waals surface area contributed by atoms with Gasteiger partial charge in [0.25, 0.3) is 5.91 Å². The first-order valence-electron chi connectivity index (χ1n) is 10.6. The first-order chi connectivity index (χ1) is 17.0. The summed E-state index contributed by atoms with van der Waals surface area (Å²) in [4.78, 5) is 40.6. The van der Waals surface area contributed by atoms with Crippen molar-refractivity contribution in [2.75, 3.05) is 30.7 Å². The molecular weight excluding hydrogens is 560 g/mol. The average molecular weight is 584 g/mol. The van der Waals surface area contributed by atoms with Crippen molar-refractivity contribution in [3.8, 4) is 5.75 Å². The van der Waals surface area contributed by atoms with Crippen LogP contribution in [-0.2, 0) is 9.59 Å². The van der Waals surface area contributed by atoms with Gasteiger partial charge in [-0.3, -0.25) is 19.4 Å². The standard InChI is InChI=1S/C22H24BrClN6O6/c23-16-4-11(24)3-15(20(16)35)17(6-19(33)34)30-18(32)9-26-21(36)10-1-12(25)5-13(2-10)29-22-27-7-14(31)8-28-22/h1-5,14,17,31,35H,6-9,25H2,(H,26,36)(H,30,32)(H,33,34)(H2,27,28,29)/t17-/m1/s1. The molecule has 1 aliphatic rings. The van der Waals surface area contributed by atoms with Crippen LogP contribution in [0.2, 0.25) is 5.02 Å². The van der Waals surface area contributed by atoms with Crippen LogP contribution in [0.25, 0.3) is 0 Å². The first-order valence-corrected chi connectivity index (χ1v) is 11.8. The summed E-state index contributed by atoms with van der Waals surface area (Å²) in [5.41, 5.74) is 6.93. The van der Waals surface area contributed by atoms with E-state index in [-0.39, 0.29) is 38.6 Å². The van der Waals surface area contributed by atoms with Gasteiger partial charge in [-0.25, -0.2) is 0 Å². The molecule has 36 heavy (non-hydrogen) atoms. The minimum atomic E-state index is -1.22. The van der Waals surface area contributed by atoms with Crippen LogP contribution in [0, 0.1) is 0 Å². The Morgan fingerprint density at radius 3 is 2.67 bits per heavy atom. The van der Waals surface area contributed by atoms with Gasteiger partial charge in [0.15, 0.2) is 5.96 Å². The number of hydrogen-bond acceptors (Lipinski definition) is 9. The van der Waals surface area contributed by atoms with Crippen molar-refractivity contribution in [1.29, 1.82) is 0 Å². The number of nitrogens with two attached hydrogens (primary N) is 1. The number of carbonyl (C=O) groups is 3. The van der Waals surface area contributed by atoms with Crippen molar-refractivity contribution in [3.63, 3.8) is 0 Å². The summed E-state index contributed by atoms with van der Waals surface area (Å²) in [6, 6.07) is 6.19. The monoisotopic (exact) mass is 582 g/mol.